The van der Waals surface area contributed by atoms with Crippen molar-refractivity contribution in [1.82, 2.24) is 14.9 Å². The van der Waals surface area contributed by atoms with Gasteiger partial charge in [-0.2, -0.15) is 0 Å². The molecule has 0 spiro atoms. The molecule has 126 valence electrons. The Kier molecular flexibility index (Phi) is 4.73. The Balaban J connectivity index is 1.50. The molecule has 2 saturated heterocycles. The molecule has 6 nitrogen and oxygen atoms in total. The average Bonchev–Trinajstić information content (AvgIpc) is 2.59. The summed E-state index contributed by atoms with van der Waals surface area (Å²) in [6.07, 6.45) is 7.89. The quantitative estimate of drug-likeness (QED) is 0.916. The smallest absolute Gasteiger partial charge is 0.150 e. The Morgan fingerprint density at radius 2 is 1.96 bits per heavy atom. The van der Waals surface area contributed by atoms with Crippen molar-refractivity contribution in [3.05, 3.63) is 18.1 Å². The predicted molar refractivity (Wildman–Crippen MR) is 87.4 cm³/mol. The van der Waals surface area contributed by atoms with Crippen molar-refractivity contribution in [2.75, 3.05) is 38.3 Å². The molecule has 0 aromatic carbocycles. The van der Waals surface area contributed by atoms with Crippen molar-refractivity contribution < 1.29 is 9.47 Å². The van der Waals surface area contributed by atoms with Gasteiger partial charge in [-0.3, -0.25) is 4.90 Å². The van der Waals surface area contributed by atoms with Gasteiger partial charge in [0.2, 0.25) is 0 Å². The van der Waals surface area contributed by atoms with Gasteiger partial charge in [0.15, 0.2) is 0 Å². The fraction of sp³-hybridized carbons (Fsp3) is 0.765. The first kappa shape index (κ1) is 15.3. The standard InChI is InChI=1S/C17H26N4O2/c1-2-13(3-1)19-16-4-7-18-17(20-16)15-12-23-11-8-21(15)14-5-9-22-10-6-14/h4,7,13-15H,1-3,5-6,8-12H2,(H,18,19,20)/t15-/m1/s1. The van der Waals surface area contributed by atoms with Crippen LogP contribution in [0.4, 0.5) is 5.82 Å². The van der Waals surface area contributed by atoms with E-state index in [2.05, 4.69) is 15.2 Å². The number of hydrogen-bond acceptors (Lipinski definition) is 6. The van der Waals surface area contributed by atoms with Crippen LogP contribution in [0, 0.1) is 0 Å². The van der Waals surface area contributed by atoms with Gasteiger partial charge in [-0.05, 0) is 38.2 Å². The van der Waals surface area contributed by atoms with Crippen LogP contribution in [0.15, 0.2) is 12.3 Å². The molecule has 1 atom stereocenters. The molecule has 1 aromatic heterocycles. The summed E-state index contributed by atoms with van der Waals surface area (Å²) in [5.74, 6) is 1.85. The predicted octanol–water partition coefficient (Wildman–Crippen LogP) is 1.99. The number of anilines is 1. The highest BCUT2D eigenvalue weighted by Crippen LogP contribution is 2.29. The van der Waals surface area contributed by atoms with Crippen molar-refractivity contribution in [2.24, 2.45) is 0 Å². The van der Waals surface area contributed by atoms with Gasteiger partial charge in [0.1, 0.15) is 11.6 Å². The SMILES string of the molecule is c1cc(NC2CCC2)nc([C@H]2COCCN2C2CCOCC2)n1. The van der Waals surface area contributed by atoms with E-state index in [1.54, 1.807) is 0 Å². The topological polar surface area (TPSA) is 59.5 Å². The fourth-order valence-corrected chi connectivity index (χ4v) is 3.67. The summed E-state index contributed by atoms with van der Waals surface area (Å²) >= 11 is 0. The highest BCUT2D eigenvalue weighted by Gasteiger charge is 2.33. The Hall–Kier alpha value is -1.24. The molecule has 1 N–H and O–H groups in total. The van der Waals surface area contributed by atoms with Gasteiger partial charge in [0.05, 0.1) is 19.3 Å². The zero-order valence-electron chi connectivity index (χ0n) is 13.6. The van der Waals surface area contributed by atoms with Crippen LogP contribution in [-0.2, 0) is 9.47 Å². The number of ether oxygens (including phenoxy) is 2. The van der Waals surface area contributed by atoms with Crippen LogP contribution < -0.4 is 5.32 Å². The van der Waals surface area contributed by atoms with E-state index in [9.17, 15) is 0 Å². The highest BCUT2D eigenvalue weighted by atomic mass is 16.5. The Morgan fingerprint density at radius 3 is 2.74 bits per heavy atom. The second-order valence-electron chi connectivity index (χ2n) is 6.74. The molecule has 1 aliphatic carbocycles. The fourth-order valence-electron chi connectivity index (χ4n) is 3.67. The van der Waals surface area contributed by atoms with Gasteiger partial charge < -0.3 is 14.8 Å². The summed E-state index contributed by atoms with van der Waals surface area (Å²) in [6, 6.07) is 3.29. The third-order valence-electron chi connectivity index (χ3n) is 5.26. The Labute approximate surface area is 137 Å². The van der Waals surface area contributed by atoms with E-state index in [0.717, 1.165) is 50.8 Å². The van der Waals surface area contributed by atoms with E-state index >= 15 is 0 Å². The third kappa shape index (κ3) is 3.49. The molecule has 2 aliphatic heterocycles. The highest BCUT2D eigenvalue weighted by molar-refractivity contribution is 5.35. The van der Waals surface area contributed by atoms with Gasteiger partial charge in [-0.1, -0.05) is 0 Å². The molecule has 6 heteroatoms. The lowest BCUT2D eigenvalue weighted by Crippen LogP contribution is -2.48. The van der Waals surface area contributed by atoms with Crippen molar-refractivity contribution in [3.8, 4) is 0 Å². The molecule has 1 saturated carbocycles. The lowest BCUT2D eigenvalue weighted by atomic mass is 9.93. The van der Waals surface area contributed by atoms with Crippen LogP contribution in [-0.4, -0.2) is 59.9 Å². The maximum absolute atomic E-state index is 5.74. The van der Waals surface area contributed by atoms with Crippen LogP contribution in [0.2, 0.25) is 0 Å². The van der Waals surface area contributed by atoms with Gasteiger partial charge in [-0.25, -0.2) is 9.97 Å². The first-order valence-corrected chi connectivity index (χ1v) is 8.91. The van der Waals surface area contributed by atoms with Crippen molar-refractivity contribution >= 4 is 5.82 Å². The van der Waals surface area contributed by atoms with Crippen LogP contribution in [0.3, 0.4) is 0 Å². The molecule has 0 unspecified atom stereocenters. The Morgan fingerprint density at radius 1 is 1.09 bits per heavy atom. The summed E-state index contributed by atoms with van der Waals surface area (Å²) < 4.78 is 11.3. The van der Waals surface area contributed by atoms with Crippen molar-refractivity contribution in [2.45, 2.75) is 50.2 Å². The summed E-state index contributed by atoms with van der Waals surface area (Å²) in [4.78, 5) is 11.9. The van der Waals surface area contributed by atoms with Gasteiger partial charge in [0, 0.05) is 38.0 Å². The third-order valence-corrected chi connectivity index (χ3v) is 5.26. The molecule has 1 aromatic rings. The maximum Gasteiger partial charge on any atom is 0.150 e. The first-order chi connectivity index (χ1) is 11.4. The average molecular weight is 318 g/mol. The lowest BCUT2D eigenvalue weighted by Gasteiger charge is -2.41. The number of hydrogen-bond donors (Lipinski definition) is 1. The zero-order chi connectivity index (χ0) is 15.5. The van der Waals surface area contributed by atoms with E-state index in [-0.39, 0.29) is 6.04 Å². The monoisotopic (exact) mass is 318 g/mol. The van der Waals surface area contributed by atoms with Crippen LogP contribution >= 0.6 is 0 Å². The molecule has 3 heterocycles. The summed E-state index contributed by atoms with van der Waals surface area (Å²) in [7, 11) is 0. The van der Waals surface area contributed by atoms with E-state index in [1.165, 1.54) is 19.3 Å². The molecule has 0 bridgehead atoms. The number of morpholine rings is 1. The van der Waals surface area contributed by atoms with Gasteiger partial charge in [0.25, 0.3) is 0 Å². The second-order valence-corrected chi connectivity index (χ2v) is 6.74. The number of rotatable bonds is 4. The summed E-state index contributed by atoms with van der Waals surface area (Å²) in [6.45, 7) is 4.16. The minimum Gasteiger partial charge on any atom is -0.381 e. The van der Waals surface area contributed by atoms with E-state index in [0.29, 0.717) is 18.7 Å². The van der Waals surface area contributed by atoms with Gasteiger partial charge >= 0.3 is 0 Å². The number of nitrogens with one attached hydrogen (secondary N) is 1. The van der Waals surface area contributed by atoms with Crippen LogP contribution in [0.5, 0.6) is 0 Å². The van der Waals surface area contributed by atoms with E-state index < -0.39 is 0 Å². The molecule has 0 radical (unpaired) electrons. The van der Waals surface area contributed by atoms with Gasteiger partial charge in [-0.15, -0.1) is 0 Å². The largest absolute Gasteiger partial charge is 0.381 e. The Bertz CT molecular complexity index is 517. The molecule has 0 amide bonds. The minimum atomic E-state index is 0.162. The van der Waals surface area contributed by atoms with E-state index in [4.69, 9.17) is 14.5 Å². The minimum absolute atomic E-state index is 0.162. The van der Waals surface area contributed by atoms with Crippen LogP contribution in [0.25, 0.3) is 0 Å². The lowest BCUT2D eigenvalue weighted by molar-refractivity contribution is -0.0591. The molecular formula is C17H26N4O2. The number of nitrogens with zero attached hydrogens (tertiary/aromatic N) is 3. The summed E-state index contributed by atoms with van der Waals surface area (Å²) in [5, 5.41) is 3.52. The molecule has 23 heavy (non-hydrogen) atoms. The second kappa shape index (κ2) is 7.11. The molecule has 4 rings (SSSR count). The van der Waals surface area contributed by atoms with Crippen molar-refractivity contribution in [3.63, 3.8) is 0 Å². The maximum atomic E-state index is 5.74. The van der Waals surface area contributed by atoms with Crippen LogP contribution in [0.1, 0.15) is 44.0 Å². The van der Waals surface area contributed by atoms with E-state index in [1.807, 2.05) is 12.3 Å². The summed E-state index contributed by atoms with van der Waals surface area (Å²) in [5.41, 5.74) is 0. The number of aromatic nitrogens is 2. The molecule has 3 aliphatic rings. The first-order valence-electron chi connectivity index (χ1n) is 8.91. The van der Waals surface area contributed by atoms with Crippen molar-refractivity contribution in [1.29, 1.82) is 0 Å². The molecular weight excluding hydrogens is 292 g/mol. The zero-order valence-corrected chi connectivity index (χ0v) is 13.6. The normalized spacial score (nSPS) is 27.6. The molecule has 3 fully saturated rings.